The lowest BCUT2D eigenvalue weighted by molar-refractivity contribution is 0.335. The lowest BCUT2D eigenvalue weighted by Gasteiger charge is -2.30. The van der Waals surface area contributed by atoms with Crippen molar-refractivity contribution in [1.82, 2.24) is 9.78 Å². The van der Waals surface area contributed by atoms with Crippen LogP contribution in [0.4, 0.5) is 11.4 Å². The molecule has 14 heteroatoms. The number of benzene rings is 1. The second-order valence-corrected chi connectivity index (χ2v) is 14.3. The Hall–Kier alpha value is -2.67. The number of aromatic nitrogens is 2. The van der Waals surface area contributed by atoms with Gasteiger partial charge < -0.3 is 15.3 Å². The van der Waals surface area contributed by atoms with E-state index in [0.717, 1.165) is 0 Å². The van der Waals surface area contributed by atoms with Gasteiger partial charge in [0.25, 0.3) is 5.56 Å². The SMILES string of the molecule is CC(C)(C)CCn1nc(-c2cccs2)c(O)c(C2=NP(=O)(O)c3cc(NS(C)(O)O)ccc3N2)c1=O. The summed E-state index contributed by atoms with van der Waals surface area (Å²) in [5.41, 5.74) is -0.419. The summed E-state index contributed by atoms with van der Waals surface area (Å²) in [7, 11) is -7.52. The predicted molar refractivity (Wildman–Crippen MR) is 146 cm³/mol. The second-order valence-electron chi connectivity index (χ2n) is 9.67. The van der Waals surface area contributed by atoms with Crippen molar-refractivity contribution in [3.8, 4) is 16.3 Å². The third-order valence-electron chi connectivity index (χ3n) is 5.31. The van der Waals surface area contributed by atoms with E-state index in [-0.39, 0.29) is 45.7 Å². The van der Waals surface area contributed by atoms with E-state index in [1.54, 1.807) is 12.1 Å². The molecule has 0 spiro atoms. The molecular weight excluding hydrogens is 525 g/mol. The highest BCUT2D eigenvalue weighted by Gasteiger charge is 2.34. The van der Waals surface area contributed by atoms with Crippen LogP contribution < -0.4 is 20.9 Å². The molecule has 2 aromatic heterocycles. The Morgan fingerprint density at radius 1 is 1.25 bits per heavy atom. The molecule has 0 saturated heterocycles. The first-order chi connectivity index (χ1) is 16.6. The highest BCUT2D eigenvalue weighted by Crippen LogP contribution is 2.48. The summed E-state index contributed by atoms with van der Waals surface area (Å²) in [6.07, 6.45) is 1.81. The zero-order chi connectivity index (χ0) is 26.5. The summed E-state index contributed by atoms with van der Waals surface area (Å²) >= 11 is 1.33. The van der Waals surface area contributed by atoms with Gasteiger partial charge in [0.1, 0.15) is 11.3 Å². The van der Waals surface area contributed by atoms with Crippen LogP contribution in [0.2, 0.25) is 0 Å². The molecule has 0 aliphatic carbocycles. The minimum absolute atomic E-state index is 0.0833. The molecule has 36 heavy (non-hydrogen) atoms. The van der Waals surface area contributed by atoms with E-state index in [1.807, 2.05) is 26.2 Å². The smallest absolute Gasteiger partial charge is 0.346 e. The molecule has 4 rings (SSSR count). The topological polar surface area (TPSA) is 169 Å². The Bertz CT molecular complexity index is 1440. The third-order valence-corrected chi connectivity index (χ3v) is 8.27. The molecule has 1 aliphatic rings. The molecule has 194 valence electrons. The van der Waals surface area contributed by atoms with Crippen LogP contribution in [0.3, 0.4) is 0 Å². The number of amidine groups is 1. The number of aryl methyl sites for hydroxylation is 1. The minimum Gasteiger partial charge on any atom is -0.505 e. The van der Waals surface area contributed by atoms with E-state index >= 15 is 0 Å². The van der Waals surface area contributed by atoms with Gasteiger partial charge in [0, 0.05) is 12.8 Å². The van der Waals surface area contributed by atoms with Crippen LogP contribution in [0.5, 0.6) is 5.75 Å². The second kappa shape index (κ2) is 9.33. The maximum atomic E-state index is 13.5. The van der Waals surface area contributed by atoms with Gasteiger partial charge in [0.15, 0.2) is 11.6 Å². The van der Waals surface area contributed by atoms with E-state index in [4.69, 9.17) is 0 Å². The van der Waals surface area contributed by atoms with E-state index in [2.05, 4.69) is 19.9 Å². The van der Waals surface area contributed by atoms with Gasteiger partial charge in [0.2, 0.25) is 0 Å². The fraction of sp³-hybridized carbons (Fsp3) is 0.318. The zero-order valence-electron chi connectivity index (χ0n) is 20.1. The lowest BCUT2D eigenvalue weighted by Crippen LogP contribution is -2.35. The normalized spacial score (nSPS) is 18.2. The Labute approximate surface area is 213 Å². The molecule has 1 atom stereocenters. The average molecular weight is 554 g/mol. The van der Waals surface area contributed by atoms with E-state index in [9.17, 15) is 28.5 Å². The number of nitrogens with zero attached hydrogens (tertiary/aromatic N) is 3. The molecule has 0 radical (unpaired) electrons. The van der Waals surface area contributed by atoms with Gasteiger partial charge in [0.05, 0.1) is 21.6 Å². The summed E-state index contributed by atoms with van der Waals surface area (Å²) < 4.78 is 40.2. The summed E-state index contributed by atoms with van der Waals surface area (Å²) in [6.45, 7) is 6.37. The predicted octanol–water partition coefficient (Wildman–Crippen LogP) is 4.50. The maximum absolute atomic E-state index is 13.5. The lowest BCUT2D eigenvalue weighted by atomic mass is 9.92. The molecular formula is C22H28N5O6PS2. The first kappa shape index (κ1) is 26.4. The standard InChI is InChI=1S/C22H28N5O6PS2/c1-22(2,3)9-10-27-21(29)17(19(28)18(24-27)16-6-5-11-35-16)20-23-14-8-7-13(26-36(4,32)33)12-15(14)34(30,31)25-20/h5-8,11-12,26,28,32-33H,9-10H2,1-4H3,(H2,23,25,30,31). The average Bonchev–Trinajstić information content (AvgIpc) is 3.26. The molecule has 1 aliphatic heterocycles. The van der Waals surface area contributed by atoms with Crippen LogP contribution in [-0.2, 0) is 11.1 Å². The summed E-state index contributed by atoms with van der Waals surface area (Å²) in [5, 5.41) is 20.1. The van der Waals surface area contributed by atoms with Gasteiger partial charge in [-0.3, -0.25) is 23.2 Å². The molecule has 1 unspecified atom stereocenters. The highest BCUT2D eigenvalue weighted by atomic mass is 32.3. The van der Waals surface area contributed by atoms with Gasteiger partial charge in [-0.25, -0.2) is 4.68 Å². The fourth-order valence-electron chi connectivity index (χ4n) is 3.57. The van der Waals surface area contributed by atoms with Crippen molar-refractivity contribution in [2.24, 2.45) is 10.2 Å². The van der Waals surface area contributed by atoms with Gasteiger partial charge in [-0.05, 0) is 41.5 Å². The molecule has 3 heterocycles. The molecule has 11 nitrogen and oxygen atoms in total. The molecule has 0 saturated carbocycles. The summed E-state index contributed by atoms with van der Waals surface area (Å²) in [4.78, 5) is 24.8. The van der Waals surface area contributed by atoms with Crippen LogP contribution in [0, 0.1) is 5.41 Å². The highest BCUT2D eigenvalue weighted by molar-refractivity contribution is 8.24. The van der Waals surface area contributed by atoms with Crippen LogP contribution in [-0.4, -0.2) is 41.0 Å². The number of anilines is 2. The number of hydrogen-bond acceptors (Lipinski definition) is 9. The third kappa shape index (κ3) is 5.66. The largest absolute Gasteiger partial charge is 0.505 e. The van der Waals surface area contributed by atoms with E-state index in [0.29, 0.717) is 11.3 Å². The minimum atomic E-state index is -4.41. The van der Waals surface area contributed by atoms with Gasteiger partial charge in [-0.2, -0.15) is 9.86 Å². The van der Waals surface area contributed by atoms with Crippen molar-refractivity contribution < 1.29 is 23.7 Å². The van der Waals surface area contributed by atoms with Crippen molar-refractivity contribution in [1.29, 1.82) is 0 Å². The first-order valence-corrected chi connectivity index (χ1v) is 15.3. The summed E-state index contributed by atoms with van der Waals surface area (Å²) in [5.74, 6) is -0.691. The van der Waals surface area contributed by atoms with Crippen molar-refractivity contribution >= 4 is 52.1 Å². The Morgan fingerprint density at radius 2 is 1.97 bits per heavy atom. The Morgan fingerprint density at radius 3 is 2.58 bits per heavy atom. The van der Waals surface area contributed by atoms with Crippen molar-refractivity contribution in [2.45, 2.75) is 33.7 Å². The number of fused-ring (bicyclic) bond motifs is 1. The van der Waals surface area contributed by atoms with Gasteiger partial charge in [-0.15, -0.1) is 22.1 Å². The molecule has 1 aromatic carbocycles. The quantitative estimate of drug-likeness (QED) is 0.241. The number of nitrogens with one attached hydrogen (secondary N) is 2. The van der Waals surface area contributed by atoms with Crippen molar-refractivity contribution in [3.63, 3.8) is 0 Å². The van der Waals surface area contributed by atoms with E-state index < -0.39 is 29.6 Å². The molecule has 6 N–H and O–H groups in total. The number of hydrogen-bond donors (Lipinski definition) is 6. The fourth-order valence-corrected chi connectivity index (χ4v) is 6.13. The molecule has 0 bridgehead atoms. The van der Waals surface area contributed by atoms with Crippen LogP contribution >= 0.6 is 29.6 Å². The Balaban J connectivity index is 1.84. The Kier molecular flexibility index (Phi) is 6.84. The zero-order valence-corrected chi connectivity index (χ0v) is 22.6. The maximum Gasteiger partial charge on any atom is 0.346 e. The first-order valence-electron chi connectivity index (χ1n) is 10.9. The number of thiophene rings is 1. The van der Waals surface area contributed by atoms with Crippen molar-refractivity contribution in [3.05, 3.63) is 51.6 Å². The van der Waals surface area contributed by atoms with Crippen LogP contribution in [0.15, 0.2) is 45.3 Å². The number of rotatable bonds is 6. The van der Waals surface area contributed by atoms with Crippen LogP contribution in [0.25, 0.3) is 10.6 Å². The van der Waals surface area contributed by atoms with E-state index in [1.165, 1.54) is 40.5 Å². The number of aromatic hydroxyl groups is 1. The van der Waals surface area contributed by atoms with Gasteiger partial charge >= 0.3 is 7.52 Å². The molecule has 0 amide bonds. The van der Waals surface area contributed by atoms with Gasteiger partial charge in [-0.1, -0.05) is 26.8 Å². The van der Waals surface area contributed by atoms with Crippen LogP contribution in [0.1, 0.15) is 32.8 Å². The van der Waals surface area contributed by atoms with Crippen molar-refractivity contribution in [2.75, 3.05) is 16.3 Å². The molecule has 0 fully saturated rings. The monoisotopic (exact) mass is 553 g/mol. The summed E-state index contributed by atoms with van der Waals surface area (Å²) in [6, 6.07) is 7.77. The molecule has 3 aromatic rings.